The van der Waals surface area contributed by atoms with Gasteiger partial charge in [0.05, 0.1) is 17.3 Å². The topological polar surface area (TPSA) is 44.8 Å². The van der Waals surface area contributed by atoms with Crippen LogP contribution in [0.15, 0.2) is 12.1 Å². The highest BCUT2D eigenvalue weighted by atomic mass is 127. The largest absolute Gasteiger partial charge is 0.493 e. The van der Waals surface area contributed by atoms with E-state index in [1.807, 2.05) is 12.1 Å². The maximum absolute atomic E-state index is 11.2. The van der Waals surface area contributed by atoms with Crippen molar-refractivity contribution in [1.29, 1.82) is 0 Å². The van der Waals surface area contributed by atoms with Gasteiger partial charge in [0.2, 0.25) is 0 Å². The van der Waals surface area contributed by atoms with Gasteiger partial charge in [-0.3, -0.25) is 4.79 Å². The summed E-state index contributed by atoms with van der Waals surface area (Å²) in [6.07, 6.45) is 2.00. The molecular weight excluding hydrogens is 359 g/mol. The molecule has 1 atom stereocenters. The van der Waals surface area contributed by atoms with Crippen molar-refractivity contribution >= 4 is 28.6 Å². The van der Waals surface area contributed by atoms with Gasteiger partial charge < -0.3 is 14.2 Å². The van der Waals surface area contributed by atoms with Gasteiger partial charge in [0.1, 0.15) is 6.10 Å². The Hall–Kier alpha value is -0.980. The van der Waals surface area contributed by atoms with Crippen molar-refractivity contribution in [2.45, 2.75) is 32.3 Å². The number of ether oxygens (including phenoxy) is 3. The summed E-state index contributed by atoms with van der Waals surface area (Å²) in [6.45, 7) is 2.72. The van der Waals surface area contributed by atoms with E-state index in [4.69, 9.17) is 14.2 Å². The summed E-state index contributed by atoms with van der Waals surface area (Å²) in [5.41, 5.74) is 0.968. The van der Waals surface area contributed by atoms with Crippen LogP contribution in [-0.2, 0) is 9.53 Å². The molecule has 0 N–H and O–H groups in total. The first-order valence-electron chi connectivity index (χ1n) is 6.35. The Morgan fingerprint density at radius 1 is 1.47 bits per heavy atom. The standard InChI is InChI=1S/C14H17IO4/c1-3-6-18-14-10(15)7-9(8-12(14)17-2)11-4-5-13(16)19-11/h7-8,11H,3-6H2,1-2H3/t11-/m1/s1. The van der Waals surface area contributed by atoms with Gasteiger partial charge in [-0.05, 0) is 53.1 Å². The minimum atomic E-state index is -0.157. The van der Waals surface area contributed by atoms with Crippen LogP contribution in [0.1, 0.15) is 37.9 Å². The molecule has 19 heavy (non-hydrogen) atoms. The summed E-state index contributed by atoms with van der Waals surface area (Å²) in [5, 5.41) is 0. The molecule has 0 spiro atoms. The van der Waals surface area contributed by atoms with Crippen LogP contribution in [0.5, 0.6) is 11.5 Å². The average molecular weight is 376 g/mol. The zero-order chi connectivity index (χ0) is 13.8. The second-order valence-electron chi connectivity index (χ2n) is 4.40. The number of carbonyl (C=O) groups excluding carboxylic acids is 1. The van der Waals surface area contributed by atoms with E-state index in [2.05, 4.69) is 29.5 Å². The molecule has 0 amide bonds. The van der Waals surface area contributed by atoms with Gasteiger partial charge in [-0.2, -0.15) is 0 Å². The molecule has 0 saturated carbocycles. The second kappa shape index (κ2) is 6.45. The highest BCUT2D eigenvalue weighted by Gasteiger charge is 2.26. The first-order valence-corrected chi connectivity index (χ1v) is 7.43. The highest BCUT2D eigenvalue weighted by molar-refractivity contribution is 14.1. The fraction of sp³-hybridized carbons (Fsp3) is 0.500. The number of cyclic esters (lactones) is 1. The Labute approximate surface area is 126 Å². The molecule has 104 valence electrons. The lowest BCUT2D eigenvalue weighted by molar-refractivity contribution is -0.141. The molecule has 1 heterocycles. The lowest BCUT2D eigenvalue weighted by Crippen LogP contribution is -2.04. The van der Waals surface area contributed by atoms with Crippen LogP contribution in [0.4, 0.5) is 0 Å². The zero-order valence-electron chi connectivity index (χ0n) is 11.1. The van der Waals surface area contributed by atoms with E-state index in [1.54, 1.807) is 7.11 Å². The molecule has 1 saturated heterocycles. The van der Waals surface area contributed by atoms with Gasteiger partial charge in [-0.25, -0.2) is 0 Å². The number of halogens is 1. The zero-order valence-corrected chi connectivity index (χ0v) is 13.2. The van der Waals surface area contributed by atoms with Crippen LogP contribution in [-0.4, -0.2) is 19.7 Å². The van der Waals surface area contributed by atoms with E-state index in [0.29, 0.717) is 18.8 Å². The average Bonchev–Trinajstić information content (AvgIpc) is 2.83. The monoisotopic (exact) mass is 376 g/mol. The maximum atomic E-state index is 11.2. The van der Waals surface area contributed by atoms with Gasteiger partial charge in [0.25, 0.3) is 0 Å². The molecule has 1 aliphatic heterocycles. The Morgan fingerprint density at radius 3 is 2.84 bits per heavy atom. The number of hydrogen-bond acceptors (Lipinski definition) is 4. The summed E-state index contributed by atoms with van der Waals surface area (Å²) in [4.78, 5) is 11.2. The summed E-state index contributed by atoms with van der Waals surface area (Å²) in [6, 6.07) is 3.90. The third-order valence-corrected chi connectivity index (χ3v) is 3.76. The first kappa shape index (κ1) is 14.4. The SMILES string of the molecule is CCCOc1c(I)cc([C@H]2CCC(=O)O2)cc1OC. The third-order valence-electron chi connectivity index (χ3n) is 2.96. The van der Waals surface area contributed by atoms with Gasteiger partial charge in [0.15, 0.2) is 11.5 Å². The van der Waals surface area contributed by atoms with E-state index in [0.717, 1.165) is 27.7 Å². The van der Waals surface area contributed by atoms with E-state index in [9.17, 15) is 4.79 Å². The molecule has 1 aromatic rings. The molecule has 4 nitrogen and oxygen atoms in total. The molecule has 5 heteroatoms. The van der Waals surface area contributed by atoms with Crippen molar-refractivity contribution in [3.05, 3.63) is 21.3 Å². The Bertz CT molecular complexity index is 473. The van der Waals surface area contributed by atoms with Gasteiger partial charge in [0, 0.05) is 6.42 Å². The maximum Gasteiger partial charge on any atom is 0.306 e. The fourth-order valence-corrected chi connectivity index (χ4v) is 2.81. The van der Waals surface area contributed by atoms with Crippen LogP contribution < -0.4 is 9.47 Å². The van der Waals surface area contributed by atoms with Gasteiger partial charge in [-0.1, -0.05) is 6.92 Å². The molecule has 1 aliphatic rings. The molecule has 0 radical (unpaired) electrons. The summed E-state index contributed by atoms with van der Waals surface area (Å²) < 4.78 is 17.3. The summed E-state index contributed by atoms with van der Waals surface area (Å²) >= 11 is 2.22. The number of hydrogen-bond donors (Lipinski definition) is 0. The van der Waals surface area contributed by atoms with Crippen LogP contribution in [0.25, 0.3) is 0 Å². The lowest BCUT2D eigenvalue weighted by atomic mass is 10.1. The van der Waals surface area contributed by atoms with Crippen molar-refractivity contribution in [2.75, 3.05) is 13.7 Å². The Morgan fingerprint density at radius 2 is 2.26 bits per heavy atom. The summed E-state index contributed by atoms with van der Waals surface area (Å²) in [7, 11) is 1.62. The van der Waals surface area contributed by atoms with Crippen LogP contribution >= 0.6 is 22.6 Å². The minimum Gasteiger partial charge on any atom is -0.493 e. The number of rotatable bonds is 5. The second-order valence-corrected chi connectivity index (χ2v) is 5.56. The lowest BCUT2D eigenvalue weighted by Gasteiger charge is -2.16. The number of methoxy groups -OCH3 is 1. The van der Waals surface area contributed by atoms with E-state index in [1.165, 1.54) is 0 Å². The summed E-state index contributed by atoms with van der Waals surface area (Å²) in [5.74, 6) is 1.32. The van der Waals surface area contributed by atoms with Crippen LogP contribution in [0.3, 0.4) is 0 Å². The number of carbonyl (C=O) groups is 1. The van der Waals surface area contributed by atoms with E-state index >= 15 is 0 Å². The van der Waals surface area contributed by atoms with Crippen molar-refractivity contribution in [3.8, 4) is 11.5 Å². The predicted octanol–water partition coefficient (Wildman–Crippen LogP) is 3.47. The van der Waals surface area contributed by atoms with E-state index in [-0.39, 0.29) is 12.1 Å². The molecule has 0 bridgehead atoms. The predicted molar refractivity (Wildman–Crippen MR) is 79.6 cm³/mol. The molecule has 0 aromatic heterocycles. The molecule has 0 unspecified atom stereocenters. The van der Waals surface area contributed by atoms with Gasteiger partial charge >= 0.3 is 5.97 Å². The highest BCUT2D eigenvalue weighted by Crippen LogP contribution is 2.39. The van der Waals surface area contributed by atoms with Crippen molar-refractivity contribution in [2.24, 2.45) is 0 Å². The molecule has 1 fully saturated rings. The normalized spacial score (nSPS) is 18.3. The smallest absolute Gasteiger partial charge is 0.306 e. The fourth-order valence-electron chi connectivity index (χ4n) is 2.03. The Balaban J connectivity index is 2.27. The number of benzene rings is 1. The molecule has 2 rings (SSSR count). The number of esters is 1. The van der Waals surface area contributed by atoms with Gasteiger partial charge in [-0.15, -0.1) is 0 Å². The third kappa shape index (κ3) is 3.32. The van der Waals surface area contributed by atoms with Crippen molar-refractivity contribution < 1.29 is 19.0 Å². The van der Waals surface area contributed by atoms with Crippen LogP contribution in [0, 0.1) is 3.57 Å². The molecule has 1 aromatic carbocycles. The van der Waals surface area contributed by atoms with Crippen LogP contribution in [0.2, 0.25) is 0 Å². The quantitative estimate of drug-likeness (QED) is 0.583. The van der Waals surface area contributed by atoms with Crippen molar-refractivity contribution in [3.63, 3.8) is 0 Å². The van der Waals surface area contributed by atoms with E-state index < -0.39 is 0 Å². The molecule has 0 aliphatic carbocycles. The molecular formula is C14H17IO4. The minimum absolute atomic E-state index is 0.134. The first-order chi connectivity index (χ1) is 9.15. The Kier molecular flexibility index (Phi) is 4.90. The van der Waals surface area contributed by atoms with Crippen molar-refractivity contribution in [1.82, 2.24) is 0 Å².